The van der Waals surface area contributed by atoms with Crippen molar-refractivity contribution in [3.8, 4) is 0 Å². The van der Waals surface area contributed by atoms with Gasteiger partial charge in [0.2, 0.25) is 11.8 Å². The maximum Gasteiger partial charge on any atom is 0.239 e. The highest BCUT2D eigenvalue weighted by molar-refractivity contribution is 5.85. The molecule has 0 aliphatic carbocycles. The summed E-state index contributed by atoms with van der Waals surface area (Å²) in [5, 5.41) is 6.40. The molecule has 2 fully saturated rings. The first-order valence-electron chi connectivity index (χ1n) is 6.97. The molecule has 2 saturated heterocycles. The van der Waals surface area contributed by atoms with Gasteiger partial charge in [-0.15, -0.1) is 0 Å². The Balaban J connectivity index is 1.78. The minimum absolute atomic E-state index is 0.0224. The van der Waals surface area contributed by atoms with Crippen LogP contribution in [0.25, 0.3) is 0 Å². The van der Waals surface area contributed by atoms with Gasteiger partial charge in [-0.3, -0.25) is 9.59 Å². The van der Waals surface area contributed by atoms with Crippen molar-refractivity contribution in [3.05, 3.63) is 0 Å². The second kappa shape index (κ2) is 6.18. The predicted octanol–water partition coefficient (Wildman–Crippen LogP) is 0.256. The van der Waals surface area contributed by atoms with Crippen LogP contribution in [0.3, 0.4) is 0 Å². The molecule has 0 radical (unpaired) electrons. The molecule has 0 saturated carbocycles. The van der Waals surface area contributed by atoms with E-state index in [1.807, 2.05) is 0 Å². The van der Waals surface area contributed by atoms with E-state index in [0.29, 0.717) is 12.5 Å². The summed E-state index contributed by atoms with van der Waals surface area (Å²) in [6, 6.07) is 0.519. The Kier molecular flexibility index (Phi) is 4.58. The van der Waals surface area contributed by atoms with Crippen molar-refractivity contribution in [3.63, 3.8) is 0 Å². The lowest BCUT2D eigenvalue weighted by Gasteiger charge is -2.32. The molecule has 2 aliphatic heterocycles. The van der Waals surface area contributed by atoms with Gasteiger partial charge < -0.3 is 15.5 Å². The van der Waals surface area contributed by atoms with E-state index in [4.69, 9.17) is 0 Å². The van der Waals surface area contributed by atoms with Crippen molar-refractivity contribution < 1.29 is 9.59 Å². The van der Waals surface area contributed by atoms with Crippen LogP contribution in [-0.2, 0) is 9.59 Å². The van der Waals surface area contributed by atoms with Crippen LogP contribution in [0.1, 0.15) is 39.0 Å². The van der Waals surface area contributed by atoms with Crippen molar-refractivity contribution in [1.29, 1.82) is 0 Å². The fraction of sp³-hybridized carbons (Fsp3) is 0.846. The van der Waals surface area contributed by atoms with Crippen molar-refractivity contribution >= 4 is 11.8 Å². The van der Waals surface area contributed by atoms with Crippen LogP contribution in [0.5, 0.6) is 0 Å². The minimum atomic E-state index is -0.0224. The van der Waals surface area contributed by atoms with E-state index in [1.54, 1.807) is 4.90 Å². The zero-order chi connectivity index (χ0) is 13.0. The topological polar surface area (TPSA) is 61.4 Å². The summed E-state index contributed by atoms with van der Waals surface area (Å²) in [5.74, 6) is 0.0945. The maximum absolute atomic E-state index is 11.9. The van der Waals surface area contributed by atoms with Crippen LogP contribution in [0, 0.1) is 0 Å². The zero-order valence-corrected chi connectivity index (χ0v) is 11.1. The molecule has 5 nitrogen and oxygen atoms in total. The number of carbonyl (C=O) groups excluding carboxylic acids is 2. The Morgan fingerprint density at radius 1 is 1.44 bits per heavy atom. The summed E-state index contributed by atoms with van der Waals surface area (Å²) in [4.78, 5) is 25.2. The number of piperidine rings is 2. The van der Waals surface area contributed by atoms with E-state index in [9.17, 15) is 9.59 Å². The fourth-order valence-corrected chi connectivity index (χ4v) is 2.70. The molecular weight excluding hydrogens is 230 g/mol. The molecule has 0 bridgehead atoms. The van der Waals surface area contributed by atoms with Crippen LogP contribution in [0.4, 0.5) is 0 Å². The summed E-state index contributed by atoms with van der Waals surface area (Å²) in [6.45, 7) is 4.07. The van der Waals surface area contributed by atoms with Gasteiger partial charge in [-0.1, -0.05) is 0 Å². The number of hydrogen-bond acceptors (Lipinski definition) is 3. The molecule has 2 N–H and O–H groups in total. The number of nitrogens with zero attached hydrogens (tertiary/aromatic N) is 1. The maximum atomic E-state index is 11.9. The third-order valence-electron chi connectivity index (χ3n) is 3.86. The first kappa shape index (κ1) is 13.3. The Bertz CT molecular complexity index is 319. The van der Waals surface area contributed by atoms with Crippen LogP contribution in [-0.4, -0.2) is 48.4 Å². The molecule has 2 amide bonds. The van der Waals surface area contributed by atoms with Gasteiger partial charge >= 0.3 is 0 Å². The smallest absolute Gasteiger partial charge is 0.239 e. The monoisotopic (exact) mass is 253 g/mol. The summed E-state index contributed by atoms with van der Waals surface area (Å²) in [5.41, 5.74) is 0. The van der Waals surface area contributed by atoms with Crippen molar-refractivity contribution in [2.45, 2.75) is 51.1 Å². The second-order valence-electron chi connectivity index (χ2n) is 5.33. The van der Waals surface area contributed by atoms with Gasteiger partial charge in [0.1, 0.15) is 0 Å². The van der Waals surface area contributed by atoms with Crippen molar-refractivity contribution in [2.24, 2.45) is 0 Å². The highest BCUT2D eigenvalue weighted by atomic mass is 16.2. The highest BCUT2D eigenvalue weighted by Gasteiger charge is 2.25. The quantitative estimate of drug-likeness (QED) is 0.758. The lowest BCUT2D eigenvalue weighted by atomic mass is 10.00. The molecule has 0 aromatic rings. The second-order valence-corrected chi connectivity index (χ2v) is 5.33. The third kappa shape index (κ3) is 3.45. The molecular formula is C13H23N3O2. The number of carbonyl (C=O) groups is 2. The lowest BCUT2D eigenvalue weighted by Crippen LogP contribution is -2.54. The number of hydrogen-bond donors (Lipinski definition) is 2. The van der Waals surface area contributed by atoms with Crippen LogP contribution in [0.2, 0.25) is 0 Å². The van der Waals surface area contributed by atoms with Crippen molar-refractivity contribution in [2.75, 3.05) is 19.6 Å². The molecule has 2 atom stereocenters. The standard InChI is InChI=1S/C13H23N3O2/c1-10-11(5-4-7-14-10)15-12(17)9-16-8-3-2-6-13(16)18/h10-11,14H,2-9H2,1H3,(H,15,17). The van der Waals surface area contributed by atoms with E-state index in [-0.39, 0.29) is 24.4 Å². The molecule has 0 aromatic carbocycles. The largest absolute Gasteiger partial charge is 0.350 e. The van der Waals surface area contributed by atoms with Crippen LogP contribution < -0.4 is 10.6 Å². The normalized spacial score (nSPS) is 29.2. The SMILES string of the molecule is CC1NCCCC1NC(=O)CN1CCCCC1=O. The Labute approximate surface area is 108 Å². The Morgan fingerprint density at radius 2 is 2.28 bits per heavy atom. The summed E-state index contributed by atoms with van der Waals surface area (Å²) >= 11 is 0. The summed E-state index contributed by atoms with van der Waals surface area (Å²) in [7, 11) is 0. The van der Waals surface area contributed by atoms with Crippen LogP contribution in [0.15, 0.2) is 0 Å². The average molecular weight is 253 g/mol. The number of rotatable bonds is 3. The van der Waals surface area contributed by atoms with E-state index in [1.165, 1.54) is 0 Å². The Hall–Kier alpha value is -1.10. The van der Waals surface area contributed by atoms with Gasteiger partial charge in [0, 0.05) is 25.0 Å². The number of amides is 2. The fourth-order valence-electron chi connectivity index (χ4n) is 2.70. The molecule has 2 rings (SSSR count). The van der Waals surface area contributed by atoms with Crippen LogP contribution >= 0.6 is 0 Å². The minimum Gasteiger partial charge on any atom is -0.350 e. The highest BCUT2D eigenvalue weighted by Crippen LogP contribution is 2.11. The lowest BCUT2D eigenvalue weighted by molar-refractivity contribution is -0.138. The van der Waals surface area contributed by atoms with Gasteiger partial charge in [-0.05, 0) is 39.2 Å². The summed E-state index contributed by atoms with van der Waals surface area (Å²) < 4.78 is 0. The average Bonchev–Trinajstić information content (AvgIpc) is 2.35. The summed E-state index contributed by atoms with van der Waals surface area (Å²) in [6.07, 6.45) is 4.68. The van der Waals surface area contributed by atoms with Gasteiger partial charge in [0.25, 0.3) is 0 Å². The zero-order valence-electron chi connectivity index (χ0n) is 11.1. The number of likely N-dealkylation sites (tertiary alicyclic amines) is 1. The van der Waals surface area contributed by atoms with E-state index < -0.39 is 0 Å². The molecule has 0 aromatic heterocycles. The van der Waals surface area contributed by atoms with E-state index in [0.717, 1.165) is 38.8 Å². The molecule has 0 spiro atoms. The molecule has 5 heteroatoms. The predicted molar refractivity (Wildman–Crippen MR) is 69.1 cm³/mol. The van der Waals surface area contributed by atoms with Gasteiger partial charge in [0.05, 0.1) is 6.54 Å². The number of nitrogens with one attached hydrogen (secondary N) is 2. The molecule has 2 unspecified atom stereocenters. The van der Waals surface area contributed by atoms with Gasteiger partial charge in [0.15, 0.2) is 0 Å². The van der Waals surface area contributed by atoms with Gasteiger partial charge in [-0.25, -0.2) is 0 Å². The molecule has 102 valence electrons. The van der Waals surface area contributed by atoms with Gasteiger partial charge in [-0.2, -0.15) is 0 Å². The van der Waals surface area contributed by atoms with Crippen molar-refractivity contribution in [1.82, 2.24) is 15.5 Å². The first-order valence-corrected chi connectivity index (χ1v) is 6.97. The third-order valence-corrected chi connectivity index (χ3v) is 3.86. The molecule has 2 heterocycles. The first-order chi connectivity index (χ1) is 8.66. The Morgan fingerprint density at radius 3 is 3.00 bits per heavy atom. The molecule has 18 heavy (non-hydrogen) atoms. The van der Waals surface area contributed by atoms with E-state index in [2.05, 4.69) is 17.6 Å². The molecule has 2 aliphatic rings. The van der Waals surface area contributed by atoms with E-state index >= 15 is 0 Å².